The molecule has 2 N–H and O–H groups in total. The highest BCUT2D eigenvalue weighted by atomic mass is 16.5. The van der Waals surface area contributed by atoms with Gasteiger partial charge in [0.25, 0.3) is 5.56 Å². The summed E-state index contributed by atoms with van der Waals surface area (Å²) >= 11 is 0. The van der Waals surface area contributed by atoms with Gasteiger partial charge in [-0.3, -0.25) is 14.2 Å². The molecule has 0 spiro atoms. The maximum absolute atomic E-state index is 13.0. The summed E-state index contributed by atoms with van der Waals surface area (Å²) in [4.78, 5) is 32.9. The van der Waals surface area contributed by atoms with Crippen molar-refractivity contribution in [2.75, 3.05) is 19.5 Å². The smallest absolute Gasteiger partial charge is 0.277 e. The molecule has 1 amide bonds. The van der Waals surface area contributed by atoms with Crippen LogP contribution in [0.1, 0.15) is 17.5 Å². The minimum Gasteiger partial charge on any atom is -0.493 e. The average Bonchev–Trinajstić information content (AvgIpc) is 3.09. The number of carbonyl (C=O) groups excluding carboxylic acids is 1. The van der Waals surface area contributed by atoms with Crippen molar-refractivity contribution >= 4 is 33.5 Å². The Bertz CT molecular complexity index is 1330. The van der Waals surface area contributed by atoms with Crippen molar-refractivity contribution in [2.24, 2.45) is 0 Å². The van der Waals surface area contributed by atoms with Gasteiger partial charge in [-0.25, -0.2) is 4.98 Å². The molecule has 0 saturated carbocycles. The van der Waals surface area contributed by atoms with E-state index in [1.807, 2.05) is 32.0 Å². The van der Waals surface area contributed by atoms with E-state index in [-0.39, 0.29) is 24.4 Å². The Hall–Kier alpha value is -3.81. The van der Waals surface area contributed by atoms with Crippen LogP contribution in [-0.2, 0) is 11.3 Å². The molecule has 8 nitrogen and oxygen atoms in total. The van der Waals surface area contributed by atoms with Gasteiger partial charge in [-0.2, -0.15) is 0 Å². The predicted octanol–water partition coefficient (Wildman–Crippen LogP) is 3.54. The van der Waals surface area contributed by atoms with Crippen LogP contribution in [0, 0.1) is 13.8 Å². The number of ether oxygens (including phenoxy) is 2. The molecular weight excluding hydrogens is 396 g/mol. The van der Waals surface area contributed by atoms with Gasteiger partial charge < -0.3 is 19.8 Å². The molecule has 0 aliphatic heterocycles. The summed E-state index contributed by atoms with van der Waals surface area (Å²) in [7, 11) is 3.11. The SMILES string of the molecule is COc1cc2[nH]c3c(=O)n(CCC(=O)Nc4cc(C)cc(C)c4)cnc3c2cc1OC. The van der Waals surface area contributed by atoms with Crippen LogP contribution in [0.5, 0.6) is 11.5 Å². The minimum atomic E-state index is -0.238. The zero-order valence-electron chi connectivity index (χ0n) is 17.9. The summed E-state index contributed by atoms with van der Waals surface area (Å²) in [5, 5.41) is 3.65. The number of methoxy groups -OCH3 is 2. The summed E-state index contributed by atoms with van der Waals surface area (Å²) in [5.74, 6) is 0.956. The molecule has 0 atom stereocenters. The van der Waals surface area contributed by atoms with Gasteiger partial charge in [-0.05, 0) is 43.2 Å². The van der Waals surface area contributed by atoms with Crippen LogP contribution >= 0.6 is 0 Å². The molecule has 2 heterocycles. The molecule has 0 bridgehead atoms. The monoisotopic (exact) mass is 420 g/mol. The fourth-order valence-corrected chi connectivity index (χ4v) is 3.77. The third-order valence-electron chi connectivity index (χ3n) is 5.16. The molecule has 8 heteroatoms. The van der Waals surface area contributed by atoms with Gasteiger partial charge in [-0.1, -0.05) is 6.07 Å². The summed E-state index contributed by atoms with van der Waals surface area (Å²) in [6, 6.07) is 9.44. The number of aromatic nitrogens is 3. The van der Waals surface area contributed by atoms with Gasteiger partial charge in [-0.15, -0.1) is 0 Å². The summed E-state index contributed by atoms with van der Waals surface area (Å²) in [5.41, 5.74) is 4.32. The Labute approximate surface area is 178 Å². The minimum absolute atomic E-state index is 0.155. The molecule has 0 aliphatic carbocycles. The Morgan fingerprint density at radius 2 is 1.74 bits per heavy atom. The zero-order valence-corrected chi connectivity index (χ0v) is 17.9. The Morgan fingerprint density at radius 1 is 1.06 bits per heavy atom. The lowest BCUT2D eigenvalue weighted by atomic mass is 10.1. The maximum atomic E-state index is 13.0. The van der Waals surface area contributed by atoms with Crippen molar-refractivity contribution in [2.45, 2.75) is 26.8 Å². The molecule has 0 aliphatic rings. The third kappa shape index (κ3) is 3.96. The number of hydrogen-bond acceptors (Lipinski definition) is 5. The average molecular weight is 420 g/mol. The van der Waals surface area contributed by atoms with Crippen LogP contribution < -0.4 is 20.3 Å². The summed E-state index contributed by atoms with van der Waals surface area (Å²) in [6.45, 7) is 4.18. The van der Waals surface area contributed by atoms with E-state index in [9.17, 15) is 9.59 Å². The number of benzene rings is 2. The first kappa shape index (κ1) is 20.5. The quantitative estimate of drug-likeness (QED) is 0.497. The van der Waals surface area contributed by atoms with Crippen molar-refractivity contribution in [3.63, 3.8) is 0 Å². The number of fused-ring (bicyclic) bond motifs is 3. The Morgan fingerprint density at radius 3 is 2.42 bits per heavy atom. The molecule has 2 aromatic carbocycles. The number of nitrogens with one attached hydrogen (secondary N) is 2. The molecule has 160 valence electrons. The first-order valence-electron chi connectivity index (χ1n) is 9.90. The van der Waals surface area contributed by atoms with Crippen molar-refractivity contribution < 1.29 is 14.3 Å². The fraction of sp³-hybridized carbons (Fsp3) is 0.261. The zero-order chi connectivity index (χ0) is 22.1. The second-order valence-electron chi connectivity index (χ2n) is 7.52. The predicted molar refractivity (Wildman–Crippen MR) is 120 cm³/mol. The van der Waals surface area contributed by atoms with Crippen LogP contribution in [0.2, 0.25) is 0 Å². The Balaban J connectivity index is 1.58. The van der Waals surface area contributed by atoms with Gasteiger partial charge in [0.1, 0.15) is 11.0 Å². The lowest BCUT2D eigenvalue weighted by molar-refractivity contribution is -0.116. The van der Waals surface area contributed by atoms with Crippen molar-refractivity contribution in [3.05, 3.63) is 58.1 Å². The number of anilines is 1. The molecular formula is C23H24N4O4. The van der Waals surface area contributed by atoms with Gasteiger partial charge in [0.2, 0.25) is 5.91 Å². The van der Waals surface area contributed by atoms with Crippen LogP contribution in [-0.4, -0.2) is 34.7 Å². The number of rotatable bonds is 6. The number of carbonyl (C=O) groups is 1. The summed E-state index contributed by atoms with van der Waals surface area (Å²) in [6.07, 6.45) is 1.63. The normalized spacial score (nSPS) is 11.1. The van der Waals surface area contributed by atoms with Crippen LogP contribution in [0.15, 0.2) is 41.5 Å². The van der Waals surface area contributed by atoms with Gasteiger partial charge in [0.05, 0.1) is 26.1 Å². The molecule has 4 aromatic rings. The maximum Gasteiger partial charge on any atom is 0.277 e. The van der Waals surface area contributed by atoms with E-state index in [1.165, 1.54) is 10.9 Å². The highest BCUT2D eigenvalue weighted by Crippen LogP contribution is 2.34. The molecule has 0 saturated heterocycles. The van der Waals surface area contributed by atoms with Crippen molar-refractivity contribution in [3.8, 4) is 11.5 Å². The Kier molecular flexibility index (Phi) is 5.37. The van der Waals surface area contributed by atoms with E-state index in [0.29, 0.717) is 22.5 Å². The molecule has 2 aromatic heterocycles. The fourth-order valence-electron chi connectivity index (χ4n) is 3.77. The second-order valence-corrected chi connectivity index (χ2v) is 7.52. The van der Waals surface area contributed by atoms with E-state index in [4.69, 9.17) is 9.47 Å². The number of nitrogens with zero attached hydrogens (tertiary/aromatic N) is 2. The third-order valence-corrected chi connectivity index (χ3v) is 5.16. The number of aryl methyl sites for hydroxylation is 3. The van der Waals surface area contributed by atoms with E-state index in [0.717, 1.165) is 27.7 Å². The number of aromatic amines is 1. The van der Waals surface area contributed by atoms with E-state index < -0.39 is 0 Å². The largest absolute Gasteiger partial charge is 0.493 e. The van der Waals surface area contributed by atoms with Crippen molar-refractivity contribution in [1.29, 1.82) is 0 Å². The molecule has 0 unspecified atom stereocenters. The number of hydrogen-bond donors (Lipinski definition) is 2. The van der Waals surface area contributed by atoms with Crippen molar-refractivity contribution in [1.82, 2.24) is 14.5 Å². The van der Waals surface area contributed by atoms with Gasteiger partial charge in [0.15, 0.2) is 11.5 Å². The number of H-pyrrole nitrogens is 1. The first-order valence-corrected chi connectivity index (χ1v) is 9.90. The highest BCUT2D eigenvalue weighted by Gasteiger charge is 2.15. The van der Waals surface area contributed by atoms with Gasteiger partial charge >= 0.3 is 0 Å². The van der Waals surface area contributed by atoms with Crippen LogP contribution in [0.3, 0.4) is 0 Å². The highest BCUT2D eigenvalue weighted by molar-refractivity contribution is 6.05. The first-order chi connectivity index (χ1) is 14.9. The molecule has 31 heavy (non-hydrogen) atoms. The standard InChI is InChI=1S/C23H24N4O4/c1-13-7-14(2)9-15(8-13)25-20(28)5-6-27-12-24-21-16-10-18(30-3)19(31-4)11-17(16)26-22(21)23(27)29/h7-12,26H,5-6H2,1-4H3,(H,25,28). The molecule has 4 rings (SSSR count). The van der Waals surface area contributed by atoms with Crippen LogP contribution in [0.4, 0.5) is 5.69 Å². The lowest BCUT2D eigenvalue weighted by Gasteiger charge is -2.09. The van der Waals surface area contributed by atoms with E-state index >= 15 is 0 Å². The van der Waals surface area contributed by atoms with Crippen LogP contribution in [0.25, 0.3) is 21.9 Å². The van der Waals surface area contributed by atoms with E-state index in [1.54, 1.807) is 26.4 Å². The summed E-state index contributed by atoms with van der Waals surface area (Å²) < 4.78 is 12.1. The van der Waals surface area contributed by atoms with Gasteiger partial charge in [0, 0.05) is 30.1 Å². The molecule has 0 fully saturated rings. The number of amides is 1. The lowest BCUT2D eigenvalue weighted by Crippen LogP contribution is -2.23. The second kappa shape index (κ2) is 8.14. The van der Waals surface area contributed by atoms with E-state index in [2.05, 4.69) is 15.3 Å². The topological polar surface area (TPSA) is 98.2 Å². The molecule has 0 radical (unpaired) electrons.